The van der Waals surface area contributed by atoms with Crippen LogP contribution in [0.3, 0.4) is 0 Å². The summed E-state index contributed by atoms with van der Waals surface area (Å²) in [7, 11) is 1.58. The van der Waals surface area contributed by atoms with Crippen LogP contribution in [0.5, 0.6) is 5.75 Å². The number of aromatic nitrogens is 2. The maximum Gasteiger partial charge on any atom is 0.356 e. The van der Waals surface area contributed by atoms with Crippen molar-refractivity contribution in [1.82, 2.24) is 9.78 Å². The molecule has 0 saturated heterocycles. The van der Waals surface area contributed by atoms with Gasteiger partial charge in [0.25, 0.3) is 0 Å². The number of nitrogens with zero attached hydrogens (tertiary/aromatic N) is 2. The van der Waals surface area contributed by atoms with Gasteiger partial charge in [-0.3, -0.25) is 0 Å². The van der Waals surface area contributed by atoms with Gasteiger partial charge < -0.3 is 9.84 Å². The number of hydrogen-bond donors (Lipinski definition) is 1. The second-order valence-electron chi connectivity index (χ2n) is 4.84. The molecule has 0 saturated carbocycles. The van der Waals surface area contributed by atoms with E-state index in [0.717, 1.165) is 11.3 Å². The van der Waals surface area contributed by atoms with Crippen molar-refractivity contribution in [3.63, 3.8) is 0 Å². The van der Waals surface area contributed by atoms with E-state index in [9.17, 15) is 9.90 Å². The van der Waals surface area contributed by atoms with Crippen LogP contribution in [0, 0.1) is 0 Å². The standard InChI is InChI=1S/C17H13ClN2O3/c1-23-14-4-2-3-11(9-14)16-10-15(17(21)22)19-20(16)13-7-5-12(18)6-8-13/h2-10H,1H3,(H,21,22). The van der Waals surface area contributed by atoms with Crippen LogP contribution in [0.15, 0.2) is 54.6 Å². The second-order valence-corrected chi connectivity index (χ2v) is 5.28. The van der Waals surface area contributed by atoms with Gasteiger partial charge in [-0.2, -0.15) is 5.10 Å². The average molecular weight is 329 g/mol. The Balaban J connectivity index is 2.18. The highest BCUT2D eigenvalue weighted by atomic mass is 35.5. The topological polar surface area (TPSA) is 64.3 Å². The number of rotatable bonds is 4. The van der Waals surface area contributed by atoms with E-state index in [1.807, 2.05) is 24.3 Å². The molecule has 6 heteroatoms. The number of benzene rings is 2. The Bertz CT molecular complexity index is 857. The van der Waals surface area contributed by atoms with Crippen LogP contribution in [0.25, 0.3) is 16.9 Å². The molecule has 0 spiro atoms. The Kier molecular flexibility index (Phi) is 4.04. The van der Waals surface area contributed by atoms with Crippen LogP contribution in [0.2, 0.25) is 5.02 Å². The fourth-order valence-electron chi connectivity index (χ4n) is 2.25. The fourth-order valence-corrected chi connectivity index (χ4v) is 2.38. The van der Waals surface area contributed by atoms with E-state index < -0.39 is 5.97 Å². The van der Waals surface area contributed by atoms with Crippen molar-refractivity contribution in [3.8, 4) is 22.7 Å². The van der Waals surface area contributed by atoms with E-state index in [4.69, 9.17) is 16.3 Å². The molecule has 0 bridgehead atoms. The summed E-state index contributed by atoms with van der Waals surface area (Å²) in [5.41, 5.74) is 2.15. The van der Waals surface area contributed by atoms with Crippen molar-refractivity contribution < 1.29 is 14.6 Å². The highest BCUT2D eigenvalue weighted by Gasteiger charge is 2.16. The minimum Gasteiger partial charge on any atom is -0.497 e. The van der Waals surface area contributed by atoms with Gasteiger partial charge in [-0.25, -0.2) is 9.48 Å². The summed E-state index contributed by atoms with van der Waals surface area (Å²) in [5.74, 6) is -0.398. The summed E-state index contributed by atoms with van der Waals surface area (Å²) in [5, 5.41) is 14.0. The molecule has 3 aromatic rings. The quantitative estimate of drug-likeness (QED) is 0.789. The number of carboxylic acid groups (broad SMARTS) is 1. The van der Waals surface area contributed by atoms with Crippen LogP contribution in [-0.2, 0) is 0 Å². The van der Waals surface area contributed by atoms with Crippen LogP contribution in [0.1, 0.15) is 10.5 Å². The first-order valence-electron chi connectivity index (χ1n) is 6.82. The van der Waals surface area contributed by atoms with Gasteiger partial charge in [-0.05, 0) is 42.5 Å². The van der Waals surface area contributed by atoms with Crippen LogP contribution in [-0.4, -0.2) is 28.0 Å². The highest BCUT2D eigenvalue weighted by molar-refractivity contribution is 6.30. The van der Waals surface area contributed by atoms with Crippen molar-refractivity contribution in [2.45, 2.75) is 0 Å². The smallest absolute Gasteiger partial charge is 0.356 e. The van der Waals surface area contributed by atoms with Crippen molar-refractivity contribution in [2.75, 3.05) is 7.11 Å². The van der Waals surface area contributed by atoms with Crippen molar-refractivity contribution in [1.29, 1.82) is 0 Å². The van der Waals surface area contributed by atoms with Gasteiger partial charge in [0.15, 0.2) is 5.69 Å². The van der Waals surface area contributed by atoms with Crippen LogP contribution in [0.4, 0.5) is 0 Å². The van der Waals surface area contributed by atoms with Crippen molar-refractivity contribution in [2.24, 2.45) is 0 Å². The lowest BCUT2D eigenvalue weighted by Gasteiger charge is -2.09. The molecule has 1 N–H and O–H groups in total. The van der Waals surface area contributed by atoms with E-state index in [-0.39, 0.29) is 5.69 Å². The van der Waals surface area contributed by atoms with E-state index in [1.54, 1.807) is 36.1 Å². The Morgan fingerprint density at radius 3 is 2.57 bits per heavy atom. The normalized spacial score (nSPS) is 10.5. The van der Waals surface area contributed by atoms with E-state index in [2.05, 4.69) is 5.10 Å². The molecular formula is C17H13ClN2O3. The predicted molar refractivity (Wildman–Crippen MR) is 87.5 cm³/mol. The van der Waals surface area contributed by atoms with E-state index in [1.165, 1.54) is 6.07 Å². The van der Waals surface area contributed by atoms with Gasteiger partial charge in [0.2, 0.25) is 0 Å². The molecule has 0 unspecified atom stereocenters. The first-order valence-corrected chi connectivity index (χ1v) is 7.20. The third-order valence-electron chi connectivity index (χ3n) is 3.37. The molecule has 0 amide bonds. The van der Waals surface area contributed by atoms with E-state index in [0.29, 0.717) is 16.5 Å². The zero-order valence-corrected chi connectivity index (χ0v) is 13.0. The molecular weight excluding hydrogens is 316 g/mol. The molecule has 116 valence electrons. The van der Waals surface area contributed by atoms with Gasteiger partial charge in [0.05, 0.1) is 18.5 Å². The summed E-state index contributed by atoms with van der Waals surface area (Å²) in [4.78, 5) is 11.3. The molecule has 0 atom stereocenters. The summed E-state index contributed by atoms with van der Waals surface area (Å²) in [6.07, 6.45) is 0. The number of ether oxygens (including phenoxy) is 1. The maximum atomic E-state index is 11.3. The SMILES string of the molecule is COc1cccc(-c2cc(C(=O)O)nn2-c2ccc(Cl)cc2)c1. The molecule has 0 fully saturated rings. The average Bonchev–Trinajstić information content (AvgIpc) is 3.01. The first kappa shape index (κ1) is 15.1. The lowest BCUT2D eigenvalue weighted by atomic mass is 10.1. The molecule has 0 radical (unpaired) electrons. The third kappa shape index (κ3) is 3.05. The Hall–Kier alpha value is -2.79. The minimum atomic E-state index is -1.08. The van der Waals surface area contributed by atoms with Crippen LogP contribution >= 0.6 is 11.6 Å². The first-order chi connectivity index (χ1) is 11.1. The largest absolute Gasteiger partial charge is 0.497 e. The Morgan fingerprint density at radius 2 is 1.91 bits per heavy atom. The number of halogens is 1. The van der Waals surface area contributed by atoms with Gasteiger partial charge >= 0.3 is 5.97 Å². The number of methoxy groups -OCH3 is 1. The molecule has 0 aliphatic carbocycles. The maximum absolute atomic E-state index is 11.3. The monoisotopic (exact) mass is 328 g/mol. The molecule has 3 rings (SSSR count). The summed E-state index contributed by atoms with van der Waals surface area (Å²) >= 11 is 5.91. The summed E-state index contributed by atoms with van der Waals surface area (Å²) in [6, 6.07) is 15.9. The highest BCUT2D eigenvalue weighted by Crippen LogP contribution is 2.27. The van der Waals surface area contributed by atoms with Crippen LogP contribution < -0.4 is 4.74 Å². The van der Waals surface area contributed by atoms with Crippen molar-refractivity contribution >= 4 is 17.6 Å². The summed E-state index contributed by atoms with van der Waals surface area (Å²) < 4.78 is 6.81. The lowest BCUT2D eigenvalue weighted by molar-refractivity contribution is 0.0690. The zero-order chi connectivity index (χ0) is 16.4. The molecule has 2 aromatic carbocycles. The van der Waals surface area contributed by atoms with Gasteiger partial charge in [0, 0.05) is 10.6 Å². The predicted octanol–water partition coefficient (Wildman–Crippen LogP) is 3.90. The molecule has 23 heavy (non-hydrogen) atoms. The number of carbonyl (C=O) groups is 1. The zero-order valence-electron chi connectivity index (χ0n) is 12.2. The van der Waals surface area contributed by atoms with E-state index >= 15 is 0 Å². The fraction of sp³-hybridized carbons (Fsp3) is 0.0588. The number of carboxylic acids is 1. The molecule has 5 nitrogen and oxygen atoms in total. The Morgan fingerprint density at radius 1 is 1.17 bits per heavy atom. The second kappa shape index (κ2) is 6.14. The van der Waals surface area contributed by atoms with Crippen molar-refractivity contribution in [3.05, 3.63) is 65.3 Å². The molecule has 1 aromatic heterocycles. The lowest BCUT2D eigenvalue weighted by Crippen LogP contribution is -2.02. The van der Waals surface area contributed by atoms with Gasteiger partial charge in [0.1, 0.15) is 5.75 Å². The molecule has 1 heterocycles. The van der Waals surface area contributed by atoms with Gasteiger partial charge in [-0.1, -0.05) is 23.7 Å². The Labute approximate surface area is 137 Å². The van der Waals surface area contributed by atoms with Gasteiger partial charge in [-0.15, -0.1) is 0 Å². The number of hydrogen-bond acceptors (Lipinski definition) is 3. The summed E-state index contributed by atoms with van der Waals surface area (Å²) in [6.45, 7) is 0. The molecule has 0 aliphatic rings. The minimum absolute atomic E-state index is 0.0298. The molecule has 0 aliphatic heterocycles. The number of aromatic carboxylic acids is 1. The third-order valence-corrected chi connectivity index (χ3v) is 3.62.